The lowest BCUT2D eigenvalue weighted by Gasteiger charge is -2.28. The van der Waals surface area contributed by atoms with Crippen molar-refractivity contribution in [2.24, 2.45) is 5.92 Å². The molecule has 0 spiro atoms. The number of hydrogen-bond acceptors (Lipinski definition) is 2. The van der Waals surface area contributed by atoms with Crippen molar-refractivity contribution in [3.8, 4) is 0 Å². The zero-order valence-corrected chi connectivity index (χ0v) is 12.3. The van der Waals surface area contributed by atoms with E-state index >= 15 is 0 Å². The van der Waals surface area contributed by atoms with Gasteiger partial charge in [-0.2, -0.15) is 0 Å². The van der Waals surface area contributed by atoms with Crippen molar-refractivity contribution in [1.29, 1.82) is 0 Å². The van der Waals surface area contributed by atoms with Crippen molar-refractivity contribution in [2.45, 2.75) is 38.5 Å². The molecule has 2 rings (SSSR count). The molecule has 1 amide bonds. The lowest BCUT2D eigenvalue weighted by molar-refractivity contribution is -0.146. The topological polar surface area (TPSA) is 57.6 Å². The molecule has 21 heavy (non-hydrogen) atoms. The quantitative estimate of drug-likeness (QED) is 0.876. The van der Waals surface area contributed by atoms with Crippen molar-refractivity contribution >= 4 is 11.9 Å². The summed E-state index contributed by atoms with van der Waals surface area (Å²) < 4.78 is 0. The summed E-state index contributed by atoms with van der Waals surface area (Å²) in [6.45, 7) is 0.286. The Bertz CT molecular complexity index is 466. The Morgan fingerprint density at radius 3 is 2.38 bits per heavy atom. The summed E-state index contributed by atoms with van der Waals surface area (Å²) in [5, 5.41) is 9.03. The summed E-state index contributed by atoms with van der Waals surface area (Å²) in [5.74, 6) is -0.894. The standard InChI is InChI=1S/C17H23NO3/c19-16(20)13-18(12-11-14-7-3-1-4-8-14)17(21)15-9-5-2-6-10-15/h1,3-4,7-8,15H,2,5-6,9-13H2,(H,19,20). The minimum atomic E-state index is -0.938. The fourth-order valence-electron chi connectivity index (χ4n) is 2.95. The van der Waals surface area contributed by atoms with Gasteiger partial charge in [-0.05, 0) is 24.8 Å². The van der Waals surface area contributed by atoms with Crippen LogP contribution in [0.3, 0.4) is 0 Å². The number of amides is 1. The van der Waals surface area contributed by atoms with Crippen LogP contribution in [0.5, 0.6) is 0 Å². The van der Waals surface area contributed by atoms with E-state index < -0.39 is 5.97 Å². The van der Waals surface area contributed by atoms with Crippen molar-refractivity contribution in [1.82, 2.24) is 4.90 Å². The van der Waals surface area contributed by atoms with Crippen LogP contribution in [0.4, 0.5) is 0 Å². The molecule has 0 atom stereocenters. The minimum absolute atomic E-state index is 0.0213. The van der Waals surface area contributed by atoms with Crippen LogP contribution in [0.15, 0.2) is 30.3 Å². The first-order valence-electron chi connectivity index (χ1n) is 7.71. The van der Waals surface area contributed by atoms with E-state index in [9.17, 15) is 9.59 Å². The maximum absolute atomic E-state index is 12.5. The highest BCUT2D eigenvalue weighted by Gasteiger charge is 2.26. The number of carboxylic acid groups (broad SMARTS) is 1. The van der Waals surface area contributed by atoms with Crippen LogP contribution < -0.4 is 0 Å². The Kier molecular flexibility index (Phi) is 5.78. The van der Waals surface area contributed by atoms with Gasteiger partial charge >= 0.3 is 5.97 Å². The van der Waals surface area contributed by atoms with Gasteiger partial charge in [0, 0.05) is 12.5 Å². The zero-order valence-electron chi connectivity index (χ0n) is 12.3. The highest BCUT2D eigenvalue weighted by atomic mass is 16.4. The van der Waals surface area contributed by atoms with Crippen molar-refractivity contribution in [3.05, 3.63) is 35.9 Å². The zero-order chi connectivity index (χ0) is 15.1. The summed E-state index contributed by atoms with van der Waals surface area (Å²) in [4.78, 5) is 25.1. The third-order valence-electron chi connectivity index (χ3n) is 4.11. The molecule has 0 unspecified atom stereocenters. The Balaban J connectivity index is 1.96. The number of carbonyl (C=O) groups is 2. The van der Waals surface area contributed by atoms with Crippen LogP contribution >= 0.6 is 0 Å². The van der Waals surface area contributed by atoms with Crippen LogP contribution in [0.25, 0.3) is 0 Å². The number of benzene rings is 1. The van der Waals surface area contributed by atoms with Gasteiger partial charge in [-0.3, -0.25) is 9.59 Å². The van der Waals surface area contributed by atoms with Gasteiger partial charge in [0.1, 0.15) is 6.54 Å². The summed E-state index contributed by atoms with van der Waals surface area (Å²) in [6, 6.07) is 9.87. The van der Waals surface area contributed by atoms with Crippen LogP contribution in [0, 0.1) is 5.92 Å². The number of aliphatic carboxylic acids is 1. The van der Waals surface area contributed by atoms with E-state index in [0.29, 0.717) is 13.0 Å². The van der Waals surface area contributed by atoms with Crippen LogP contribution in [0.1, 0.15) is 37.7 Å². The largest absolute Gasteiger partial charge is 0.480 e. The van der Waals surface area contributed by atoms with Gasteiger partial charge in [0.2, 0.25) is 5.91 Å². The molecule has 114 valence electrons. The summed E-state index contributed by atoms with van der Waals surface area (Å²) in [6.07, 6.45) is 5.85. The van der Waals surface area contributed by atoms with E-state index in [1.165, 1.54) is 11.3 Å². The van der Waals surface area contributed by atoms with Crippen molar-refractivity contribution < 1.29 is 14.7 Å². The van der Waals surface area contributed by atoms with Gasteiger partial charge in [0.25, 0.3) is 0 Å². The SMILES string of the molecule is O=C(O)CN(CCc1ccccc1)C(=O)C1CCCCC1. The molecule has 4 nitrogen and oxygen atoms in total. The first-order chi connectivity index (χ1) is 10.2. The van der Waals surface area contributed by atoms with Gasteiger partial charge in [-0.15, -0.1) is 0 Å². The molecule has 1 aliphatic carbocycles. The lowest BCUT2D eigenvalue weighted by Crippen LogP contribution is -2.41. The normalized spacial score (nSPS) is 15.6. The number of rotatable bonds is 6. The first-order valence-corrected chi connectivity index (χ1v) is 7.71. The maximum atomic E-state index is 12.5. The van der Waals surface area contributed by atoms with Gasteiger partial charge in [0.05, 0.1) is 0 Å². The molecule has 0 saturated heterocycles. The average molecular weight is 289 g/mol. The molecule has 0 aliphatic heterocycles. The van der Waals surface area contributed by atoms with Crippen LogP contribution in [-0.4, -0.2) is 35.0 Å². The molecule has 1 fully saturated rings. The maximum Gasteiger partial charge on any atom is 0.323 e. The van der Waals surface area contributed by atoms with Crippen LogP contribution in [0.2, 0.25) is 0 Å². The second-order valence-corrected chi connectivity index (χ2v) is 5.72. The van der Waals surface area contributed by atoms with E-state index in [1.54, 1.807) is 0 Å². The van der Waals surface area contributed by atoms with Gasteiger partial charge in [-0.1, -0.05) is 49.6 Å². The highest BCUT2D eigenvalue weighted by molar-refractivity contribution is 5.83. The number of carboxylic acids is 1. The van der Waals surface area contributed by atoms with Crippen molar-refractivity contribution in [3.63, 3.8) is 0 Å². The summed E-state index contributed by atoms with van der Waals surface area (Å²) >= 11 is 0. The molecule has 1 aromatic carbocycles. The molecule has 4 heteroatoms. The molecular weight excluding hydrogens is 266 g/mol. The van der Waals surface area contributed by atoms with E-state index in [2.05, 4.69) is 0 Å². The predicted octanol–water partition coefficient (Wildman–Crippen LogP) is 2.72. The third kappa shape index (κ3) is 4.88. The van der Waals surface area contributed by atoms with Crippen LogP contribution in [-0.2, 0) is 16.0 Å². The monoisotopic (exact) mass is 289 g/mol. The molecule has 1 N–H and O–H groups in total. The van der Waals surface area contributed by atoms with Gasteiger partial charge in [0.15, 0.2) is 0 Å². The summed E-state index contributed by atoms with van der Waals surface area (Å²) in [7, 11) is 0. The molecule has 0 radical (unpaired) electrons. The molecule has 0 heterocycles. The fraction of sp³-hybridized carbons (Fsp3) is 0.529. The fourth-order valence-corrected chi connectivity index (χ4v) is 2.95. The Hall–Kier alpha value is -1.84. The molecular formula is C17H23NO3. The molecule has 1 aromatic rings. The van der Waals surface area contributed by atoms with E-state index in [1.807, 2.05) is 30.3 Å². The van der Waals surface area contributed by atoms with E-state index in [-0.39, 0.29) is 18.4 Å². The van der Waals surface area contributed by atoms with E-state index in [0.717, 1.165) is 31.2 Å². The Morgan fingerprint density at radius 2 is 1.76 bits per heavy atom. The average Bonchev–Trinajstić information content (AvgIpc) is 2.52. The number of carbonyl (C=O) groups excluding carboxylic acids is 1. The Labute approximate surface area is 125 Å². The van der Waals surface area contributed by atoms with Crippen molar-refractivity contribution in [2.75, 3.05) is 13.1 Å². The van der Waals surface area contributed by atoms with Gasteiger partial charge < -0.3 is 10.0 Å². The predicted molar refractivity (Wildman–Crippen MR) is 80.9 cm³/mol. The second kappa shape index (κ2) is 7.81. The van der Waals surface area contributed by atoms with E-state index in [4.69, 9.17) is 5.11 Å². The third-order valence-corrected chi connectivity index (χ3v) is 4.11. The lowest BCUT2D eigenvalue weighted by atomic mass is 9.88. The highest BCUT2D eigenvalue weighted by Crippen LogP contribution is 2.25. The molecule has 0 bridgehead atoms. The molecule has 1 aliphatic rings. The second-order valence-electron chi connectivity index (χ2n) is 5.72. The Morgan fingerprint density at radius 1 is 1.10 bits per heavy atom. The summed E-state index contributed by atoms with van der Waals surface area (Å²) in [5.41, 5.74) is 1.13. The molecule has 1 saturated carbocycles. The number of hydrogen-bond donors (Lipinski definition) is 1. The first kappa shape index (κ1) is 15.5. The molecule has 0 aromatic heterocycles. The number of nitrogens with zero attached hydrogens (tertiary/aromatic N) is 1. The van der Waals surface area contributed by atoms with Gasteiger partial charge in [-0.25, -0.2) is 0 Å². The smallest absolute Gasteiger partial charge is 0.323 e. The minimum Gasteiger partial charge on any atom is -0.480 e.